The minimum absolute atomic E-state index is 0.0294. The molecule has 2 aromatic carbocycles. The second kappa shape index (κ2) is 6.70. The van der Waals surface area contributed by atoms with Crippen molar-refractivity contribution in [2.45, 2.75) is 18.9 Å². The molecular formula is C18H19N3O3. The quantitative estimate of drug-likeness (QED) is 0.688. The molecule has 1 fully saturated rings. The van der Waals surface area contributed by atoms with Crippen LogP contribution in [-0.4, -0.2) is 29.3 Å². The van der Waals surface area contributed by atoms with Gasteiger partial charge in [-0.1, -0.05) is 30.3 Å². The zero-order valence-electron chi connectivity index (χ0n) is 13.4. The molecule has 0 saturated carbocycles. The number of amides is 1. The van der Waals surface area contributed by atoms with Crippen LogP contribution in [0.5, 0.6) is 0 Å². The van der Waals surface area contributed by atoms with E-state index in [2.05, 4.69) is 5.32 Å². The zero-order valence-corrected chi connectivity index (χ0v) is 13.4. The Labute approximate surface area is 140 Å². The lowest BCUT2D eigenvalue weighted by Crippen LogP contribution is -2.30. The van der Waals surface area contributed by atoms with Crippen LogP contribution >= 0.6 is 0 Å². The summed E-state index contributed by atoms with van der Waals surface area (Å²) >= 11 is 0. The van der Waals surface area contributed by atoms with E-state index >= 15 is 0 Å². The van der Waals surface area contributed by atoms with Crippen molar-refractivity contribution in [3.63, 3.8) is 0 Å². The molecular weight excluding hydrogens is 306 g/mol. The summed E-state index contributed by atoms with van der Waals surface area (Å²) in [5.41, 5.74) is 1.77. The van der Waals surface area contributed by atoms with Crippen LogP contribution in [0.1, 0.15) is 34.8 Å². The van der Waals surface area contributed by atoms with Crippen molar-refractivity contribution in [3.05, 3.63) is 69.8 Å². The highest BCUT2D eigenvalue weighted by molar-refractivity contribution is 5.96. The van der Waals surface area contributed by atoms with Crippen LogP contribution in [0.25, 0.3) is 0 Å². The molecule has 24 heavy (non-hydrogen) atoms. The van der Waals surface area contributed by atoms with E-state index in [-0.39, 0.29) is 17.6 Å². The molecule has 1 N–H and O–H groups in total. The Morgan fingerprint density at radius 2 is 2.00 bits per heavy atom. The number of hydrogen-bond donors (Lipinski definition) is 1. The summed E-state index contributed by atoms with van der Waals surface area (Å²) in [5, 5.41) is 14.0. The predicted octanol–water partition coefficient (Wildman–Crippen LogP) is 3.61. The molecule has 2 aromatic rings. The van der Waals surface area contributed by atoms with E-state index < -0.39 is 4.92 Å². The first-order valence-corrected chi connectivity index (χ1v) is 7.94. The maximum atomic E-state index is 12.9. The lowest BCUT2D eigenvalue weighted by molar-refractivity contribution is -0.384. The highest BCUT2D eigenvalue weighted by Gasteiger charge is 2.31. The molecule has 1 aliphatic rings. The van der Waals surface area contributed by atoms with Crippen LogP contribution in [0.2, 0.25) is 0 Å². The average molecular weight is 325 g/mol. The fourth-order valence-electron chi connectivity index (χ4n) is 3.22. The molecule has 1 unspecified atom stereocenters. The Kier molecular flexibility index (Phi) is 4.46. The second-order valence-electron chi connectivity index (χ2n) is 5.81. The Bertz CT molecular complexity index is 761. The number of carbonyl (C=O) groups is 1. The summed E-state index contributed by atoms with van der Waals surface area (Å²) in [6.45, 7) is 0.667. The number of nitro benzene ring substituents is 1. The molecule has 0 bridgehead atoms. The van der Waals surface area contributed by atoms with Crippen LogP contribution in [0.15, 0.2) is 48.5 Å². The molecule has 124 valence electrons. The first-order chi connectivity index (χ1) is 11.6. The van der Waals surface area contributed by atoms with Crippen molar-refractivity contribution < 1.29 is 9.72 Å². The SMILES string of the molecule is CNc1ccc(C(=O)N2CCCC2c2ccccc2)cc1[N+](=O)[O-]. The molecule has 1 atom stereocenters. The number of rotatable bonds is 4. The van der Waals surface area contributed by atoms with E-state index in [0.29, 0.717) is 17.8 Å². The number of nitrogens with zero attached hydrogens (tertiary/aromatic N) is 2. The van der Waals surface area contributed by atoms with Crippen molar-refractivity contribution in [1.29, 1.82) is 0 Å². The normalized spacial score (nSPS) is 16.9. The van der Waals surface area contributed by atoms with Crippen molar-refractivity contribution in [1.82, 2.24) is 4.90 Å². The van der Waals surface area contributed by atoms with Gasteiger partial charge in [0, 0.05) is 25.2 Å². The number of hydrogen-bond acceptors (Lipinski definition) is 4. The molecule has 0 aromatic heterocycles. The predicted molar refractivity (Wildman–Crippen MR) is 92.1 cm³/mol. The van der Waals surface area contributed by atoms with Gasteiger partial charge >= 0.3 is 0 Å². The summed E-state index contributed by atoms with van der Waals surface area (Å²) in [4.78, 5) is 25.4. The van der Waals surface area contributed by atoms with Gasteiger partial charge in [-0.2, -0.15) is 0 Å². The Morgan fingerprint density at radius 3 is 2.67 bits per heavy atom. The van der Waals surface area contributed by atoms with Crippen LogP contribution in [0.3, 0.4) is 0 Å². The topological polar surface area (TPSA) is 75.5 Å². The molecule has 0 radical (unpaired) electrons. The number of anilines is 1. The third kappa shape index (κ3) is 2.95. The molecule has 6 heteroatoms. The fourth-order valence-corrected chi connectivity index (χ4v) is 3.22. The summed E-state index contributed by atoms with van der Waals surface area (Å²) < 4.78 is 0. The Hall–Kier alpha value is -2.89. The maximum absolute atomic E-state index is 12.9. The summed E-state index contributed by atoms with van der Waals surface area (Å²) in [5.74, 6) is -0.160. The highest BCUT2D eigenvalue weighted by atomic mass is 16.6. The van der Waals surface area contributed by atoms with E-state index in [9.17, 15) is 14.9 Å². The van der Waals surface area contributed by atoms with Crippen molar-refractivity contribution in [3.8, 4) is 0 Å². The van der Waals surface area contributed by atoms with Crippen molar-refractivity contribution in [2.75, 3.05) is 18.9 Å². The van der Waals surface area contributed by atoms with Gasteiger partial charge in [-0.3, -0.25) is 14.9 Å². The molecule has 1 aliphatic heterocycles. The van der Waals surface area contributed by atoms with E-state index in [1.165, 1.54) is 6.07 Å². The number of benzene rings is 2. The molecule has 3 rings (SSSR count). The minimum Gasteiger partial charge on any atom is -0.383 e. The standard InChI is InChI=1S/C18H19N3O3/c1-19-15-10-9-14(12-17(15)21(23)24)18(22)20-11-5-8-16(20)13-6-3-2-4-7-13/h2-4,6-7,9-10,12,16,19H,5,8,11H2,1H3. The molecule has 0 spiro atoms. The van der Waals surface area contributed by atoms with E-state index in [1.807, 2.05) is 35.2 Å². The molecule has 1 amide bonds. The second-order valence-corrected chi connectivity index (χ2v) is 5.81. The van der Waals surface area contributed by atoms with Gasteiger partial charge in [0.05, 0.1) is 11.0 Å². The van der Waals surface area contributed by atoms with Crippen molar-refractivity contribution in [2.24, 2.45) is 0 Å². The van der Waals surface area contributed by atoms with E-state index in [0.717, 1.165) is 18.4 Å². The van der Waals surface area contributed by atoms with Crippen LogP contribution < -0.4 is 5.32 Å². The monoisotopic (exact) mass is 325 g/mol. The van der Waals surface area contributed by atoms with Crippen LogP contribution in [0.4, 0.5) is 11.4 Å². The lowest BCUT2D eigenvalue weighted by Gasteiger charge is -2.25. The van der Waals surface area contributed by atoms with Crippen molar-refractivity contribution >= 4 is 17.3 Å². The number of nitro groups is 1. The number of nitrogens with one attached hydrogen (secondary N) is 1. The summed E-state index contributed by atoms with van der Waals surface area (Å²) in [7, 11) is 1.62. The minimum atomic E-state index is -0.471. The lowest BCUT2D eigenvalue weighted by atomic mass is 10.0. The highest BCUT2D eigenvalue weighted by Crippen LogP contribution is 2.34. The van der Waals surface area contributed by atoms with Gasteiger partial charge in [-0.05, 0) is 30.5 Å². The molecule has 6 nitrogen and oxygen atoms in total. The number of carbonyl (C=O) groups excluding carboxylic acids is 1. The van der Waals surface area contributed by atoms with E-state index in [1.54, 1.807) is 19.2 Å². The van der Waals surface area contributed by atoms with Gasteiger partial charge in [-0.15, -0.1) is 0 Å². The zero-order chi connectivity index (χ0) is 17.1. The van der Waals surface area contributed by atoms with Gasteiger partial charge in [0.2, 0.25) is 0 Å². The largest absolute Gasteiger partial charge is 0.383 e. The third-order valence-corrected chi connectivity index (χ3v) is 4.41. The van der Waals surface area contributed by atoms with E-state index in [4.69, 9.17) is 0 Å². The van der Waals surface area contributed by atoms with Crippen LogP contribution in [-0.2, 0) is 0 Å². The van der Waals surface area contributed by atoms with Gasteiger partial charge in [0.15, 0.2) is 0 Å². The third-order valence-electron chi connectivity index (χ3n) is 4.41. The Balaban J connectivity index is 1.91. The fraction of sp³-hybridized carbons (Fsp3) is 0.278. The maximum Gasteiger partial charge on any atom is 0.293 e. The summed E-state index contributed by atoms with van der Waals surface area (Å²) in [6, 6.07) is 14.5. The van der Waals surface area contributed by atoms with Gasteiger partial charge in [-0.25, -0.2) is 0 Å². The van der Waals surface area contributed by atoms with Crippen LogP contribution in [0, 0.1) is 10.1 Å². The smallest absolute Gasteiger partial charge is 0.293 e. The average Bonchev–Trinajstić information content (AvgIpc) is 3.11. The molecule has 1 saturated heterocycles. The summed E-state index contributed by atoms with van der Waals surface area (Å²) in [6.07, 6.45) is 1.84. The van der Waals surface area contributed by atoms with Gasteiger partial charge in [0.25, 0.3) is 11.6 Å². The van der Waals surface area contributed by atoms with Gasteiger partial charge in [0.1, 0.15) is 5.69 Å². The first-order valence-electron chi connectivity index (χ1n) is 7.94. The number of likely N-dealkylation sites (tertiary alicyclic amines) is 1. The first kappa shape index (κ1) is 16.0. The Morgan fingerprint density at radius 1 is 1.25 bits per heavy atom. The molecule has 1 heterocycles. The van der Waals surface area contributed by atoms with Gasteiger partial charge < -0.3 is 10.2 Å². The molecule has 0 aliphatic carbocycles.